The molecule has 0 atom stereocenters. The normalized spacial score (nSPS) is 15.3. The van der Waals surface area contributed by atoms with Crippen LogP contribution in [0.1, 0.15) is 15.9 Å². The summed E-state index contributed by atoms with van der Waals surface area (Å²) in [6.07, 6.45) is 0. The number of carbonyl (C=O) groups is 1. The fourth-order valence-corrected chi connectivity index (χ4v) is 3.08. The molecule has 132 valence electrons. The molecule has 1 amide bonds. The van der Waals surface area contributed by atoms with Gasteiger partial charge in [0.05, 0.1) is 5.56 Å². The first-order chi connectivity index (χ1) is 11.9. The number of hydrogen-bond acceptors (Lipinski definition) is 3. The average molecular weight is 362 g/mol. The van der Waals surface area contributed by atoms with E-state index in [9.17, 15) is 9.18 Å². The van der Waals surface area contributed by atoms with Crippen LogP contribution in [0.2, 0.25) is 5.02 Å². The Morgan fingerprint density at radius 2 is 1.84 bits per heavy atom. The lowest BCUT2D eigenvalue weighted by Gasteiger charge is -2.34. The summed E-state index contributed by atoms with van der Waals surface area (Å²) in [5, 5.41) is 3.09. The van der Waals surface area contributed by atoms with Crippen LogP contribution in [-0.2, 0) is 0 Å². The van der Waals surface area contributed by atoms with Crippen molar-refractivity contribution >= 4 is 28.9 Å². The standard InChI is InChI=1S/C19H21ClFN3O/c1-13-11-15(24-9-7-23(2)8-10-24)4-6-18(13)22-19(25)16-12-14(20)3-5-17(16)21/h3-6,11-12H,7-10H2,1-2H3,(H,22,25). The summed E-state index contributed by atoms with van der Waals surface area (Å²) in [7, 11) is 2.12. The third kappa shape index (κ3) is 4.11. The molecule has 0 saturated carbocycles. The van der Waals surface area contributed by atoms with E-state index in [4.69, 9.17) is 11.6 Å². The van der Waals surface area contributed by atoms with Crippen LogP contribution in [-0.4, -0.2) is 44.0 Å². The molecule has 2 aromatic carbocycles. The number of benzene rings is 2. The highest BCUT2D eigenvalue weighted by atomic mass is 35.5. The zero-order valence-electron chi connectivity index (χ0n) is 14.4. The van der Waals surface area contributed by atoms with Gasteiger partial charge in [-0.15, -0.1) is 0 Å². The predicted molar refractivity (Wildman–Crippen MR) is 100 cm³/mol. The number of amides is 1. The number of piperazine rings is 1. The summed E-state index contributed by atoms with van der Waals surface area (Å²) in [5.74, 6) is -1.09. The second-order valence-electron chi connectivity index (χ2n) is 6.37. The van der Waals surface area contributed by atoms with E-state index in [1.54, 1.807) is 0 Å². The number of nitrogens with zero attached hydrogens (tertiary/aromatic N) is 2. The van der Waals surface area contributed by atoms with E-state index in [2.05, 4.69) is 28.2 Å². The van der Waals surface area contributed by atoms with Crippen molar-refractivity contribution in [2.75, 3.05) is 43.4 Å². The van der Waals surface area contributed by atoms with Gasteiger partial charge in [0.25, 0.3) is 5.91 Å². The van der Waals surface area contributed by atoms with E-state index in [1.165, 1.54) is 18.2 Å². The predicted octanol–water partition coefficient (Wildman–Crippen LogP) is 3.79. The quantitative estimate of drug-likeness (QED) is 0.903. The number of nitrogens with one attached hydrogen (secondary N) is 1. The molecule has 3 rings (SSSR count). The van der Waals surface area contributed by atoms with E-state index in [0.29, 0.717) is 10.7 Å². The summed E-state index contributed by atoms with van der Waals surface area (Å²) in [5.41, 5.74) is 2.68. The molecule has 1 N–H and O–H groups in total. The molecule has 25 heavy (non-hydrogen) atoms. The SMILES string of the molecule is Cc1cc(N2CCN(C)CC2)ccc1NC(=O)c1cc(Cl)ccc1F. The number of hydrogen-bond donors (Lipinski definition) is 1. The molecule has 1 heterocycles. The second-order valence-corrected chi connectivity index (χ2v) is 6.80. The Morgan fingerprint density at radius 3 is 2.52 bits per heavy atom. The Bertz CT molecular complexity index is 788. The van der Waals surface area contributed by atoms with Gasteiger partial charge in [0.15, 0.2) is 0 Å². The smallest absolute Gasteiger partial charge is 0.258 e. The Kier molecular flexibility index (Phi) is 5.25. The third-order valence-corrected chi connectivity index (χ3v) is 4.73. The van der Waals surface area contributed by atoms with Gasteiger partial charge >= 0.3 is 0 Å². The lowest BCUT2D eigenvalue weighted by atomic mass is 10.1. The average Bonchev–Trinajstić information content (AvgIpc) is 2.59. The van der Waals surface area contributed by atoms with E-state index in [0.717, 1.165) is 37.4 Å². The summed E-state index contributed by atoms with van der Waals surface area (Å²) in [4.78, 5) is 17.0. The van der Waals surface area contributed by atoms with Crippen molar-refractivity contribution in [1.29, 1.82) is 0 Å². The monoisotopic (exact) mass is 361 g/mol. The largest absolute Gasteiger partial charge is 0.369 e. The molecule has 0 aromatic heterocycles. The Morgan fingerprint density at radius 1 is 1.12 bits per heavy atom. The summed E-state index contributed by atoms with van der Waals surface area (Å²) in [6.45, 7) is 5.96. The molecule has 1 aliphatic heterocycles. The van der Waals surface area contributed by atoms with Crippen LogP contribution in [0.4, 0.5) is 15.8 Å². The highest BCUT2D eigenvalue weighted by Gasteiger charge is 2.16. The van der Waals surface area contributed by atoms with Gasteiger partial charge < -0.3 is 15.1 Å². The molecule has 2 aromatic rings. The van der Waals surface area contributed by atoms with Gasteiger partial charge in [-0.1, -0.05) is 11.6 Å². The van der Waals surface area contributed by atoms with Crippen LogP contribution in [0.5, 0.6) is 0 Å². The van der Waals surface area contributed by atoms with Crippen molar-refractivity contribution in [3.05, 3.63) is 58.4 Å². The highest BCUT2D eigenvalue weighted by Crippen LogP contribution is 2.25. The maximum Gasteiger partial charge on any atom is 0.258 e. The molecular weight excluding hydrogens is 341 g/mol. The van der Waals surface area contributed by atoms with Crippen LogP contribution in [0.15, 0.2) is 36.4 Å². The number of anilines is 2. The van der Waals surface area contributed by atoms with Crippen LogP contribution < -0.4 is 10.2 Å². The number of carbonyl (C=O) groups excluding carboxylic acids is 1. The fraction of sp³-hybridized carbons (Fsp3) is 0.316. The van der Waals surface area contributed by atoms with Gasteiger partial charge in [-0.2, -0.15) is 0 Å². The van der Waals surface area contributed by atoms with E-state index >= 15 is 0 Å². The molecule has 1 fully saturated rings. The van der Waals surface area contributed by atoms with Crippen molar-refractivity contribution < 1.29 is 9.18 Å². The van der Waals surface area contributed by atoms with Gasteiger partial charge in [0.1, 0.15) is 5.82 Å². The van der Waals surface area contributed by atoms with E-state index in [-0.39, 0.29) is 5.56 Å². The Hall–Kier alpha value is -2.11. The molecule has 1 aliphatic rings. The molecule has 0 aliphatic carbocycles. The Balaban J connectivity index is 1.75. The van der Waals surface area contributed by atoms with Gasteiger partial charge in [-0.3, -0.25) is 4.79 Å². The van der Waals surface area contributed by atoms with Crippen molar-refractivity contribution in [2.24, 2.45) is 0 Å². The third-order valence-electron chi connectivity index (χ3n) is 4.50. The summed E-state index contributed by atoms with van der Waals surface area (Å²) < 4.78 is 13.8. The van der Waals surface area contributed by atoms with Gasteiger partial charge in [0, 0.05) is 42.6 Å². The first-order valence-corrected chi connectivity index (χ1v) is 8.62. The molecule has 0 spiro atoms. The molecule has 0 radical (unpaired) electrons. The first-order valence-electron chi connectivity index (χ1n) is 8.24. The number of rotatable bonds is 3. The van der Waals surface area contributed by atoms with E-state index in [1.807, 2.05) is 19.1 Å². The zero-order valence-corrected chi connectivity index (χ0v) is 15.1. The van der Waals surface area contributed by atoms with Crippen molar-refractivity contribution in [1.82, 2.24) is 4.90 Å². The van der Waals surface area contributed by atoms with Crippen LogP contribution in [0.25, 0.3) is 0 Å². The van der Waals surface area contributed by atoms with Crippen molar-refractivity contribution in [3.8, 4) is 0 Å². The van der Waals surface area contributed by atoms with Crippen molar-refractivity contribution in [3.63, 3.8) is 0 Å². The molecule has 4 nitrogen and oxygen atoms in total. The molecule has 6 heteroatoms. The summed E-state index contributed by atoms with van der Waals surface area (Å²) >= 11 is 5.86. The maximum atomic E-state index is 13.8. The molecule has 1 saturated heterocycles. The number of aryl methyl sites for hydroxylation is 1. The van der Waals surface area contributed by atoms with Crippen LogP contribution in [0, 0.1) is 12.7 Å². The van der Waals surface area contributed by atoms with Crippen LogP contribution in [0.3, 0.4) is 0 Å². The minimum Gasteiger partial charge on any atom is -0.369 e. The second kappa shape index (κ2) is 7.42. The number of halogens is 2. The van der Waals surface area contributed by atoms with E-state index < -0.39 is 11.7 Å². The zero-order chi connectivity index (χ0) is 18.0. The minimum absolute atomic E-state index is 0.0601. The van der Waals surface area contributed by atoms with Gasteiger partial charge in [0.2, 0.25) is 0 Å². The van der Waals surface area contributed by atoms with Gasteiger partial charge in [-0.25, -0.2) is 4.39 Å². The summed E-state index contributed by atoms with van der Waals surface area (Å²) in [6, 6.07) is 9.85. The molecule has 0 unspecified atom stereocenters. The molecular formula is C19H21ClFN3O. The molecule has 0 bridgehead atoms. The fourth-order valence-electron chi connectivity index (χ4n) is 2.91. The van der Waals surface area contributed by atoms with Crippen LogP contribution >= 0.6 is 11.6 Å². The lowest BCUT2D eigenvalue weighted by Crippen LogP contribution is -2.44. The van der Waals surface area contributed by atoms with Gasteiger partial charge in [-0.05, 0) is 55.9 Å². The first kappa shape index (κ1) is 17.7. The number of likely N-dealkylation sites (N-methyl/N-ethyl adjacent to an activating group) is 1. The van der Waals surface area contributed by atoms with Crippen molar-refractivity contribution in [2.45, 2.75) is 6.92 Å². The topological polar surface area (TPSA) is 35.6 Å². The Labute approximate surface area is 152 Å². The minimum atomic E-state index is -0.589. The lowest BCUT2D eigenvalue weighted by molar-refractivity contribution is 0.102. The maximum absolute atomic E-state index is 13.8. The highest BCUT2D eigenvalue weighted by molar-refractivity contribution is 6.31.